The standard InChI is InChI=1S/C13H20N2O2/c1-13(10-16,11-4-6-14-7-5-11)15-9-12-3-2-8-17-12/h4-7,12,15-16H,2-3,8-10H2,1H3. The predicted molar refractivity (Wildman–Crippen MR) is 65.7 cm³/mol. The van der Waals surface area contributed by atoms with Gasteiger partial charge < -0.3 is 15.2 Å². The van der Waals surface area contributed by atoms with Crippen molar-refractivity contribution in [3.8, 4) is 0 Å². The molecule has 1 aromatic rings. The lowest BCUT2D eigenvalue weighted by Crippen LogP contribution is -2.46. The van der Waals surface area contributed by atoms with Crippen LogP contribution in [-0.2, 0) is 10.3 Å². The van der Waals surface area contributed by atoms with Gasteiger partial charge in [0.2, 0.25) is 0 Å². The monoisotopic (exact) mass is 236 g/mol. The highest BCUT2D eigenvalue weighted by molar-refractivity contribution is 5.20. The summed E-state index contributed by atoms with van der Waals surface area (Å²) < 4.78 is 5.57. The van der Waals surface area contributed by atoms with Crippen molar-refractivity contribution < 1.29 is 9.84 Å². The van der Waals surface area contributed by atoms with E-state index in [2.05, 4.69) is 10.3 Å². The minimum absolute atomic E-state index is 0.0593. The highest BCUT2D eigenvalue weighted by atomic mass is 16.5. The molecule has 1 aliphatic rings. The average Bonchev–Trinajstić information content (AvgIpc) is 2.90. The molecule has 1 saturated heterocycles. The van der Waals surface area contributed by atoms with Crippen molar-refractivity contribution in [2.75, 3.05) is 19.8 Å². The number of hydrogen-bond donors (Lipinski definition) is 2. The number of aliphatic hydroxyl groups excluding tert-OH is 1. The molecule has 0 radical (unpaired) electrons. The van der Waals surface area contributed by atoms with Crippen LogP contribution in [0, 0.1) is 0 Å². The summed E-state index contributed by atoms with van der Waals surface area (Å²) in [6.07, 6.45) is 6.01. The van der Waals surface area contributed by atoms with E-state index in [9.17, 15) is 5.11 Å². The molecule has 0 spiro atoms. The van der Waals surface area contributed by atoms with Gasteiger partial charge >= 0.3 is 0 Å². The number of nitrogens with one attached hydrogen (secondary N) is 1. The summed E-state index contributed by atoms with van der Waals surface area (Å²) in [5.74, 6) is 0. The van der Waals surface area contributed by atoms with Crippen molar-refractivity contribution in [2.24, 2.45) is 0 Å². The summed E-state index contributed by atoms with van der Waals surface area (Å²) in [5.41, 5.74) is 0.627. The number of aliphatic hydroxyl groups is 1. The van der Waals surface area contributed by atoms with Crippen LogP contribution in [-0.4, -0.2) is 36.0 Å². The Hall–Kier alpha value is -0.970. The molecule has 0 aromatic carbocycles. The van der Waals surface area contributed by atoms with Gasteiger partial charge in [0, 0.05) is 25.5 Å². The van der Waals surface area contributed by atoms with Crippen LogP contribution in [0.5, 0.6) is 0 Å². The minimum atomic E-state index is -0.422. The van der Waals surface area contributed by atoms with Crippen LogP contribution >= 0.6 is 0 Å². The maximum absolute atomic E-state index is 9.59. The van der Waals surface area contributed by atoms with Crippen LogP contribution in [0.2, 0.25) is 0 Å². The Balaban J connectivity index is 1.98. The van der Waals surface area contributed by atoms with Crippen LogP contribution in [0.3, 0.4) is 0 Å². The second-order valence-corrected chi connectivity index (χ2v) is 4.74. The van der Waals surface area contributed by atoms with Crippen molar-refractivity contribution >= 4 is 0 Å². The summed E-state index contributed by atoms with van der Waals surface area (Å²) in [6.45, 7) is 3.69. The largest absolute Gasteiger partial charge is 0.394 e. The van der Waals surface area contributed by atoms with E-state index in [4.69, 9.17) is 4.74 Å². The van der Waals surface area contributed by atoms with Crippen LogP contribution in [0.4, 0.5) is 0 Å². The second-order valence-electron chi connectivity index (χ2n) is 4.74. The molecule has 0 saturated carbocycles. The molecular weight excluding hydrogens is 216 g/mol. The van der Waals surface area contributed by atoms with E-state index in [1.54, 1.807) is 12.4 Å². The molecule has 0 amide bonds. The molecule has 4 nitrogen and oxygen atoms in total. The first kappa shape index (κ1) is 12.5. The first-order chi connectivity index (χ1) is 8.24. The molecular formula is C13H20N2O2. The van der Waals surface area contributed by atoms with Gasteiger partial charge in [-0.3, -0.25) is 4.98 Å². The van der Waals surface area contributed by atoms with Crippen LogP contribution < -0.4 is 5.32 Å². The van der Waals surface area contributed by atoms with Gasteiger partial charge in [-0.2, -0.15) is 0 Å². The Kier molecular flexibility index (Phi) is 4.10. The maximum Gasteiger partial charge on any atom is 0.0700 e. The maximum atomic E-state index is 9.59. The van der Waals surface area contributed by atoms with E-state index in [-0.39, 0.29) is 12.7 Å². The molecule has 0 bridgehead atoms. The van der Waals surface area contributed by atoms with Crippen LogP contribution in [0.15, 0.2) is 24.5 Å². The molecule has 1 fully saturated rings. The fraction of sp³-hybridized carbons (Fsp3) is 0.615. The van der Waals surface area contributed by atoms with Gasteiger partial charge in [0.1, 0.15) is 0 Å². The number of hydrogen-bond acceptors (Lipinski definition) is 4. The molecule has 94 valence electrons. The molecule has 17 heavy (non-hydrogen) atoms. The highest BCUT2D eigenvalue weighted by Crippen LogP contribution is 2.20. The van der Waals surface area contributed by atoms with E-state index >= 15 is 0 Å². The number of ether oxygens (including phenoxy) is 1. The summed E-state index contributed by atoms with van der Waals surface area (Å²) in [5, 5.41) is 13.0. The van der Waals surface area contributed by atoms with Crippen molar-refractivity contribution in [1.82, 2.24) is 10.3 Å². The molecule has 0 aliphatic carbocycles. The van der Waals surface area contributed by atoms with E-state index in [1.165, 1.54) is 0 Å². The second kappa shape index (κ2) is 5.58. The number of pyridine rings is 1. The summed E-state index contributed by atoms with van der Waals surface area (Å²) in [6, 6.07) is 3.86. The van der Waals surface area contributed by atoms with Crippen molar-refractivity contribution in [2.45, 2.75) is 31.4 Å². The number of nitrogens with zero attached hydrogens (tertiary/aromatic N) is 1. The Morgan fingerprint density at radius 1 is 1.53 bits per heavy atom. The predicted octanol–water partition coefficient (Wildman–Crippen LogP) is 1.06. The average molecular weight is 236 g/mol. The minimum Gasteiger partial charge on any atom is -0.394 e. The van der Waals surface area contributed by atoms with Gasteiger partial charge in [-0.15, -0.1) is 0 Å². The van der Waals surface area contributed by atoms with Gasteiger partial charge in [0.25, 0.3) is 0 Å². The lowest BCUT2D eigenvalue weighted by Gasteiger charge is -2.30. The third kappa shape index (κ3) is 3.03. The lowest BCUT2D eigenvalue weighted by atomic mass is 9.93. The van der Waals surface area contributed by atoms with Crippen molar-refractivity contribution in [3.05, 3.63) is 30.1 Å². The molecule has 1 aliphatic heterocycles. The smallest absolute Gasteiger partial charge is 0.0700 e. The molecule has 2 heterocycles. The van der Waals surface area contributed by atoms with Gasteiger partial charge in [-0.05, 0) is 37.5 Å². The van der Waals surface area contributed by atoms with Gasteiger partial charge in [-0.25, -0.2) is 0 Å². The Morgan fingerprint density at radius 2 is 2.29 bits per heavy atom. The fourth-order valence-electron chi connectivity index (χ4n) is 2.11. The molecule has 2 unspecified atom stereocenters. The SMILES string of the molecule is CC(CO)(NCC1CCCO1)c1ccncc1. The quantitative estimate of drug-likeness (QED) is 0.802. The molecule has 4 heteroatoms. The molecule has 2 N–H and O–H groups in total. The van der Waals surface area contributed by atoms with Crippen LogP contribution in [0.1, 0.15) is 25.3 Å². The Morgan fingerprint density at radius 3 is 2.88 bits per heavy atom. The Bertz CT molecular complexity index is 339. The third-order valence-electron chi connectivity index (χ3n) is 3.38. The molecule has 2 atom stereocenters. The third-order valence-corrected chi connectivity index (χ3v) is 3.38. The van der Waals surface area contributed by atoms with Gasteiger partial charge in [0.05, 0.1) is 18.2 Å². The van der Waals surface area contributed by atoms with E-state index in [1.807, 2.05) is 19.1 Å². The zero-order valence-electron chi connectivity index (χ0n) is 10.2. The lowest BCUT2D eigenvalue weighted by molar-refractivity contribution is 0.0910. The normalized spacial score (nSPS) is 23.5. The highest BCUT2D eigenvalue weighted by Gasteiger charge is 2.27. The van der Waals surface area contributed by atoms with Crippen molar-refractivity contribution in [1.29, 1.82) is 0 Å². The van der Waals surface area contributed by atoms with Gasteiger partial charge in [-0.1, -0.05) is 0 Å². The summed E-state index contributed by atoms with van der Waals surface area (Å²) in [4.78, 5) is 4.00. The number of aromatic nitrogens is 1. The Labute approximate surface area is 102 Å². The zero-order chi connectivity index (χ0) is 12.1. The fourth-order valence-corrected chi connectivity index (χ4v) is 2.11. The summed E-state index contributed by atoms with van der Waals surface area (Å²) >= 11 is 0. The molecule has 1 aromatic heterocycles. The number of rotatable bonds is 5. The van der Waals surface area contributed by atoms with E-state index < -0.39 is 5.54 Å². The van der Waals surface area contributed by atoms with E-state index in [0.717, 1.165) is 31.6 Å². The first-order valence-electron chi connectivity index (χ1n) is 6.12. The van der Waals surface area contributed by atoms with Gasteiger partial charge in [0.15, 0.2) is 0 Å². The zero-order valence-corrected chi connectivity index (χ0v) is 10.2. The van der Waals surface area contributed by atoms with E-state index in [0.29, 0.717) is 0 Å². The first-order valence-corrected chi connectivity index (χ1v) is 6.12. The summed E-state index contributed by atoms with van der Waals surface area (Å²) in [7, 11) is 0. The van der Waals surface area contributed by atoms with Crippen molar-refractivity contribution in [3.63, 3.8) is 0 Å². The topological polar surface area (TPSA) is 54.4 Å². The van der Waals surface area contributed by atoms with Crippen LogP contribution in [0.25, 0.3) is 0 Å². The molecule has 2 rings (SSSR count).